The molecule has 0 amide bonds. The Hall–Kier alpha value is -1.40. The van der Waals surface area contributed by atoms with E-state index in [-0.39, 0.29) is 0 Å². The van der Waals surface area contributed by atoms with Crippen molar-refractivity contribution in [2.24, 2.45) is 0 Å². The molecule has 98 valence electrons. The molecule has 2 aromatic heterocycles. The van der Waals surface area contributed by atoms with Gasteiger partial charge in [-0.05, 0) is 32.0 Å². The summed E-state index contributed by atoms with van der Waals surface area (Å²) in [5.74, 6) is 0.609. The van der Waals surface area contributed by atoms with Crippen LogP contribution in [0.1, 0.15) is 28.1 Å². The van der Waals surface area contributed by atoms with Crippen LogP contribution in [-0.4, -0.2) is 16.7 Å². The van der Waals surface area contributed by atoms with E-state index in [1.54, 1.807) is 11.3 Å². The average Bonchev–Trinajstić information content (AvgIpc) is 2.92. The maximum absolute atomic E-state index is 5.45. The Morgan fingerprint density at radius 2 is 2.11 bits per heavy atom. The molecule has 2 N–H and O–H groups in total. The molecule has 0 radical (unpaired) electrons. The number of aromatic nitrogens is 2. The SMILES string of the molecule is CCNCc1nnc(NCc2cc(C)c(C)s2)o1. The summed E-state index contributed by atoms with van der Waals surface area (Å²) in [6.07, 6.45) is 0. The summed E-state index contributed by atoms with van der Waals surface area (Å²) in [6.45, 7) is 8.52. The van der Waals surface area contributed by atoms with E-state index >= 15 is 0 Å². The van der Waals surface area contributed by atoms with Gasteiger partial charge in [0.25, 0.3) is 0 Å². The van der Waals surface area contributed by atoms with Crippen molar-refractivity contribution in [3.8, 4) is 0 Å². The van der Waals surface area contributed by atoms with Crippen LogP contribution in [0, 0.1) is 13.8 Å². The summed E-state index contributed by atoms with van der Waals surface area (Å²) in [6, 6.07) is 2.66. The monoisotopic (exact) mass is 266 g/mol. The van der Waals surface area contributed by atoms with Crippen LogP contribution in [0.4, 0.5) is 6.01 Å². The zero-order valence-corrected chi connectivity index (χ0v) is 11.7. The Bertz CT molecular complexity index is 486. The zero-order valence-electron chi connectivity index (χ0n) is 10.9. The largest absolute Gasteiger partial charge is 0.407 e. The lowest BCUT2D eigenvalue weighted by molar-refractivity contribution is 0.481. The number of aryl methyl sites for hydroxylation is 2. The van der Waals surface area contributed by atoms with Crippen molar-refractivity contribution in [2.45, 2.75) is 33.9 Å². The molecule has 0 aliphatic carbocycles. The Balaban J connectivity index is 1.88. The van der Waals surface area contributed by atoms with E-state index in [4.69, 9.17) is 4.42 Å². The first-order valence-electron chi connectivity index (χ1n) is 6.02. The van der Waals surface area contributed by atoms with Gasteiger partial charge in [0.05, 0.1) is 13.1 Å². The van der Waals surface area contributed by atoms with Crippen LogP contribution in [0.2, 0.25) is 0 Å². The van der Waals surface area contributed by atoms with E-state index in [2.05, 4.69) is 40.7 Å². The summed E-state index contributed by atoms with van der Waals surface area (Å²) in [7, 11) is 0. The summed E-state index contributed by atoms with van der Waals surface area (Å²) in [4.78, 5) is 2.63. The fourth-order valence-electron chi connectivity index (χ4n) is 1.53. The van der Waals surface area contributed by atoms with Crippen LogP contribution >= 0.6 is 11.3 Å². The molecular formula is C12H18N4OS. The molecule has 6 heteroatoms. The minimum Gasteiger partial charge on any atom is -0.407 e. The van der Waals surface area contributed by atoms with E-state index in [0.717, 1.165) is 13.1 Å². The molecule has 0 unspecified atom stereocenters. The molecule has 0 fully saturated rings. The van der Waals surface area contributed by atoms with Crippen LogP contribution in [0.25, 0.3) is 0 Å². The summed E-state index contributed by atoms with van der Waals surface area (Å²) in [5.41, 5.74) is 1.33. The van der Waals surface area contributed by atoms with Gasteiger partial charge in [0.2, 0.25) is 5.89 Å². The maximum atomic E-state index is 5.45. The first-order valence-corrected chi connectivity index (χ1v) is 6.83. The highest BCUT2D eigenvalue weighted by atomic mass is 32.1. The predicted octanol–water partition coefficient (Wildman–Crippen LogP) is 2.47. The van der Waals surface area contributed by atoms with Crippen molar-refractivity contribution in [2.75, 3.05) is 11.9 Å². The lowest BCUT2D eigenvalue weighted by Gasteiger charge is -1.97. The van der Waals surface area contributed by atoms with Crippen molar-refractivity contribution in [1.29, 1.82) is 0 Å². The molecule has 0 spiro atoms. The average molecular weight is 266 g/mol. The Morgan fingerprint density at radius 3 is 2.78 bits per heavy atom. The third-order valence-electron chi connectivity index (χ3n) is 2.62. The predicted molar refractivity (Wildman–Crippen MR) is 72.8 cm³/mol. The van der Waals surface area contributed by atoms with Crippen LogP contribution in [-0.2, 0) is 13.1 Å². The first kappa shape index (κ1) is 13.0. The summed E-state index contributed by atoms with van der Waals surface area (Å²) >= 11 is 1.79. The Labute approximate surface area is 111 Å². The topological polar surface area (TPSA) is 63.0 Å². The van der Waals surface area contributed by atoms with E-state index in [1.807, 2.05) is 6.92 Å². The van der Waals surface area contributed by atoms with Gasteiger partial charge >= 0.3 is 6.01 Å². The number of rotatable bonds is 6. The fraction of sp³-hybridized carbons (Fsp3) is 0.500. The molecule has 2 rings (SSSR count). The molecule has 0 aromatic carbocycles. The smallest absolute Gasteiger partial charge is 0.315 e. The molecule has 0 bridgehead atoms. The highest BCUT2D eigenvalue weighted by Crippen LogP contribution is 2.21. The van der Waals surface area contributed by atoms with E-state index in [1.165, 1.54) is 15.3 Å². The normalized spacial score (nSPS) is 10.8. The molecule has 0 aliphatic rings. The van der Waals surface area contributed by atoms with Gasteiger partial charge in [-0.1, -0.05) is 12.0 Å². The van der Waals surface area contributed by atoms with Crippen molar-refractivity contribution in [3.05, 3.63) is 27.3 Å². The quantitative estimate of drug-likeness (QED) is 0.841. The van der Waals surface area contributed by atoms with E-state index in [9.17, 15) is 0 Å². The molecule has 0 saturated carbocycles. The van der Waals surface area contributed by atoms with Crippen molar-refractivity contribution < 1.29 is 4.42 Å². The van der Waals surface area contributed by atoms with Gasteiger partial charge < -0.3 is 15.1 Å². The Morgan fingerprint density at radius 1 is 1.28 bits per heavy atom. The minimum atomic E-state index is 0.478. The van der Waals surface area contributed by atoms with Gasteiger partial charge in [-0.2, -0.15) is 0 Å². The van der Waals surface area contributed by atoms with E-state index < -0.39 is 0 Å². The maximum Gasteiger partial charge on any atom is 0.315 e. The Kier molecular flexibility index (Phi) is 4.33. The highest BCUT2D eigenvalue weighted by molar-refractivity contribution is 7.12. The van der Waals surface area contributed by atoms with Crippen LogP contribution in [0.15, 0.2) is 10.5 Å². The zero-order chi connectivity index (χ0) is 13.0. The lowest BCUT2D eigenvalue weighted by Crippen LogP contribution is -2.11. The van der Waals surface area contributed by atoms with Gasteiger partial charge in [0, 0.05) is 9.75 Å². The fourth-order valence-corrected chi connectivity index (χ4v) is 2.52. The third-order valence-corrected chi connectivity index (χ3v) is 3.78. The molecule has 2 heterocycles. The van der Waals surface area contributed by atoms with Crippen LogP contribution in [0.5, 0.6) is 0 Å². The summed E-state index contributed by atoms with van der Waals surface area (Å²) < 4.78 is 5.45. The number of hydrogen-bond donors (Lipinski definition) is 2. The van der Waals surface area contributed by atoms with E-state index in [0.29, 0.717) is 18.5 Å². The molecular weight excluding hydrogens is 248 g/mol. The van der Waals surface area contributed by atoms with Crippen molar-refractivity contribution in [3.63, 3.8) is 0 Å². The van der Waals surface area contributed by atoms with Gasteiger partial charge in [0.15, 0.2) is 0 Å². The van der Waals surface area contributed by atoms with Crippen molar-refractivity contribution in [1.82, 2.24) is 15.5 Å². The second-order valence-electron chi connectivity index (χ2n) is 4.09. The molecule has 0 aliphatic heterocycles. The van der Waals surface area contributed by atoms with Gasteiger partial charge in [0.1, 0.15) is 0 Å². The van der Waals surface area contributed by atoms with Gasteiger partial charge in [-0.25, -0.2) is 0 Å². The molecule has 0 atom stereocenters. The third kappa shape index (κ3) is 3.30. The highest BCUT2D eigenvalue weighted by Gasteiger charge is 2.06. The number of anilines is 1. The second kappa shape index (κ2) is 5.97. The van der Waals surface area contributed by atoms with Gasteiger partial charge in [-0.15, -0.1) is 16.4 Å². The summed E-state index contributed by atoms with van der Waals surface area (Å²) in [5, 5.41) is 14.2. The van der Waals surface area contributed by atoms with Gasteiger partial charge in [-0.3, -0.25) is 0 Å². The lowest BCUT2D eigenvalue weighted by atomic mass is 10.3. The van der Waals surface area contributed by atoms with Crippen molar-refractivity contribution >= 4 is 17.4 Å². The number of thiophene rings is 1. The molecule has 0 saturated heterocycles. The second-order valence-corrected chi connectivity index (χ2v) is 5.43. The minimum absolute atomic E-state index is 0.478. The molecule has 18 heavy (non-hydrogen) atoms. The van der Waals surface area contributed by atoms with Crippen LogP contribution < -0.4 is 10.6 Å². The number of hydrogen-bond acceptors (Lipinski definition) is 6. The number of nitrogens with zero attached hydrogens (tertiary/aromatic N) is 2. The van der Waals surface area contributed by atoms with Crippen LogP contribution in [0.3, 0.4) is 0 Å². The number of nitrogens with one attached hydrogen (secondary N) is 2. The molecule has 2 aromatic rings. The first-order chi connectivity index (χ1) is 8.69. The standard InChI is InChI=1S/C12H18N4OS/c1-4-13-7-11-15-16-12(17-11)14-6-10-5-8(2)9(3)18-10/h5,13H,4,6-7H2,1-3H3,(H,14,16). The molecule has 5 nitrogen and oxygen atoms in total.